The van der Waals surface area contributed by atoms with Crippen LogP contribution < -0.4 is 0 Å². The van der Waals surface area contributed by atoms with Gasteiger partial charge in [-0.15, -0.1) is 4.68 Å². The Balaban J connectivity index is 2.39. The Bertz CT molecular complexity index is 655. The van der Waals surface area contributed by atoms with Crippen molar-refractivity contribution in [1.82, 2.24) is 14.8 Å². The van der Waals surface area contributed by atoms with E-state index < -0.39 is 16.7 Å². The summed E-state index contributed by atoms with van der Waals surface area (Å²) in [6.07, 6.45) is 2.19. The molecule has 0 aliphatic rings. The van der Waals surface area contributed by atoms with Crippen molar-refractivity contribution < 1.29 is 15.1 Å². The zero-order valence-electron chi connectivity index (χ0n) is 9.33. The molecule has 96 valence electrons. The topological polar surface area (TPSA) is 138 Å². The van der Waals surface area contributed by atoms with Crippen LogP contribution >= 0.6 is 0 Å². The number of aromatic nitrogens is 3. The fourth-order valence-electron chi connectivity index (χ4n) is 1.36. The first-order valence-electron chi connectivity index (χ1n) is 4.97. The molecular weight excluding hydrogens is 254 g/mol. The normalized spacial score (nSPS) is 11.0. The van der Waals surface area contributed by atoms with Gasteiger partial charge in [-0.25, -0.2) is 0 Å². The van der Waals surface area contributed by atoms with Crippen LogP contribution in [0.15, 0.2) is 30.6 Å². The van der Waals surface area contributed by atoms with Gasteiger partial charge in [-0.2, -0.15) is 5.26 Å². The monoisotopic (exact) mass is 261 g/mol. The molecule has 0 fully saturated rings. The van der Waals surface area contributed by atoms with E-state index in [9.17, 15) is 20.3 Å². The summed E-state index contributed by atoms with van der Waals surface area (Å²) in [6.45, 7) is 0. The van der Waals surface area contributed by atoms with Gasteiger partial charge in [0.05, 0.1) is 22.9 Å². The highest BCUT2D eigenvalue weighted by atomic mass is 16.6. The third kappa shape index (κ3) is 2.25. The Hall–Kier alpha value is -2.83. The molecule has 0 amide bonds. The maximum absolute atomic E-state index is 10.5. The molecule has 9 heteroatoms. The number of nitrogens with zero attached hydrogens (tertiary/aromatic N) is 5. The lowest BCUT2D eigenvalue weighted by Gasteiger charge is -2.17. The lowest BCUT2D eigenvalue weighted by Crippen LogP contribution is -2.35. The van der Waals surface area contributed by atoms with E-state index in [1.807, 2.05) is 6.07 Å². The van der Waals surface area contributed by atoms with Crippen LogP contribution in [0.1, 0.15) is 11.3 Å². The molecule has 0 atom stereocenters. The van der Waals surface area contributed by atoms with E-state index in [-0.39, 0.29) is 11.3 Å². The van der Waals surface area contributed by atoms with E-state index in [4.69, 9.17) is 5.26 Å². The molecule has 0 unspecified atom stereocenters. The van der Waals surface area contributed by atoms with Gasteiger partial charge in [-0.3, -0.25) is 4.98 Å². The second kappa shape index (κ2) is 4.45. The minimum Gasteiger partial charge on any atom is -0.358 e. The van der Waals surface area contributed by atoms with Crippen LogP contribution in [0.4, 0.5) is 5.82 Å². The Morgan fingerprint density at radius 3 is 2.63 bits per heavy atom. The molecule has 0 aliphatic heterocycles. The predicted octanol–water partition coefficient (Wildman–Crippen LogP) is -0.299. The van der Waals surface area contributed by atoms with E-state index in [0.717, 1.165) is 18.5 Å². The SMILES string of the molecule is N#Cc1ccc(C(O)(O)n2ccc([N+](=O)[O-])n2)nc1. The van der Waals surface area contributed by atoms with Gasteiger partial charge >= 0.3 is 11.7 Å². The summed E-state index contributed by atoms with van der Waals surface area (Å²) >= 11 is 0. The van der Waals surface area contributed by atoms with Gasteiger partial charge in [0.15, 0.2) is 0 Å². The zero-order chi connectivity index (χ0) is 14.0. The van der Waals surface area contributed by atoms with Gasteiger partial charge in [0.1, 0.15) is 11.8 Å². The summed E-state index contributed by atoms with van der Waals surface area (Å²) in [4.78, 5) is 13.4. The third-order valence-corrected chi connectivity index (χ3v) is 2.32. The number of nitriles is 1. The highest BCUT2D eigenvalue weighted by molar-refractivity contribution is 5.27. The third-order valence-electron chi connectivity index (χ3n) is 2.32. The predicted molar refractivity (Wildman–Crippen MR) is 59.3 cm³/mol. The van der Waals surface area contributed by atoms with Gasteiger partial charge in [0.25, 0.3) is 0 Å². The quantitative estimate of drug-likeness (QED) is 0.439. The Labute approximate surface area is 106 Å². The van der Waals surface area contributed by atoms with Crippen LogP contribution in [0, 0.1) is 21.4 Å². The molecule has 0 saturated heterocycles. The lowest BCUT2D eigenvalue weighted by atomic mass is 10.2. The van der Waals surface area contributed by atoms with Crippen molar-refractivity contribution in [1.29, 1.82) is 5.26 Å². The number of aliphatic hydroxyl groups is 2. The van der Waals surface area contributed by atoms with Crippen molar-refractivity contribution in [3.8, 4) is 6.07 Å². The van der Waals surface area contributed by atoms with E-state index >= 15 is 0 Å². The van der Waals surface area contributed by atoms with E-state index in [1.54, 1.807) is 0 Å². The molecule has 2 aromatic rings. The molecular formula is C10H7N5O4. The lowest BCUT2D eigenvalue weighted by molar-refractivity contribution is -0.390. The molecule has 0 spiro atoms. The summed E-state index contributed by atoms with van der Waals surface area (Å²) in [5.74, 6) is -3.16. The maximum atomic E-state index is 10.5. The van der Waals surface area contributed by atoms with Crippen molar-refractivity contribution >= 4 is 5.82 Å². The highest BCUT2D eigenvalue weighted by Gasteiger charge is 2.35. The van der Waals surface area contributed by atoms with Gasteiger partial charge in [-0.05, 0) is 17.1 Å². The molecule has 9 nitrogen and oxygen atoms in total. The molecule has 0 radical (unpaired) electrons. The summed E-state index contributed by atoms with van der Waals surface area (Å²) in [5.41, 5.74) is 0.0236. The van der Waals surface area contributed by atoms with Crippen molar-refractivity contribution in [2.45, 2.75) is 5.91 Å². The average molecular weight is 261 g/mol. The zero-order valence-corrected chi connectivity index (χ0v) is 9.33. The van der Waals surface area contributed by atoms with Crippen LogP contribution in [0.25, 0.3) is 0 Å². The maximum Gasteiger partial charge on any atom is 0.390 e. The number of hydrogen-bond donors (Lipinski definition) is 2. The van der Waals surface area contributed by atoms with Crippen molar-refractivity contribution in [3.63, 3.8) is 0 Å². The second-order valence-electron chi connectivity index (χ2n) is 3.55. The summed E-state index contributed by atoms with van der Waals surface area (Å²) in [5, 5.41) is 42.3. The first-order chi connectivity index (χ1) is 8.95. The summed E-state index contributed by atoms with van der Waals surface area (Å²) in [7, 11) is 0. The number of hydrogen-bond acceptors (Lipinski definition) is 7. The Morgan fingerprint density at radius 2 is 2.16 bits per heavy atom. The number of pyridine rings is 1. The molecule has 0 aromatic carbocycles. The highest BCUT2D eigenvalue weighted by Crippen LogP contribution is 2.19. The van der Waals surface area contributed by atoms with Gasteiger partial charge in [0.2, 0.25) is 0 Å². The van der Waals surface area contributed by atoms with Crippen LogP contribution in [-0.4, -0.2) is 29.9 Å². The smallest absolute Gasteiger partial charge is 0.358 e. The first kappa shape index (κ1) is 12.6. The molecule has 2 rings (SSSR count). The first-order valence-corrected chi connectivity index (χ1v) is 4.97. The average Bonchev–Trinajstić information content (AvgIpc) is 2.89. The largest absolute Gasteiger partial charge is 0.390 e. The fourth-order valence-corrected chi connectivity index (χ4v) is 1.36. The van der Waals surface area contributed by atoms with Crippen molar-refractivity contribution in [2.75, 3.05) is 0 Å². The molecule has 0 bridgehead atoms. The van der Waals surface area contributed by atoms with E-state index in [2.05, 4.69) is 10.1 Å². The molecule has 2 aromatic heterocycles. The summed E-state index contributed by atoms with van der Waals surface area (Å²) in [6, 6.07) is 5.39. The molecule has 0 aliphatic carbocycles. The number of rotatable bonds is 3. The fraction of sp³-hybridized carbons (Fsp3) is 0.100. The van der Waals surface area contributed by atoms with Crippen LogP contribution in [0.5, 0.6) is 0 Å². The van der Waals surface area contributed by atoms with Gasteiger partial charge in [-0.1, -0.05) is 0 Å². The molecule has 2 N–H and O–H groups in total. The van der Waals surface area contributed by atoms with Crippen molar-refractivity contribution in [2.24, 2.45) is 0 Å². The second-order valence-corrected chi connectivity index (χ2v) is 3.55. The van der Waals surface area contributed by atoms with E-state index in [1.165, 1.54) is 12.1 Å². The minimum absolute atomic E-state index is 0.218. The molecule has 2 heterocycles. The van der Waals surface area contributed by atoms with Crippen LogP contribution in [-0.2, 0) is 5.91 Å². The standard InChI is InChI=1S/C10H7N5O4/c11-5-7-1-2-8(12-6-7)10(16,17)14-4-3-9(13-14)15(18)19/h1-4,6,16-17H. The number of nitro groups is 1. The van der Waals surface area contributed by atoms with Crippen LogP contribution in [0.2, 0.25) is 0 Å². The molecule has 0 saturated carbocycles. The minimum atomic E-state index is -2.64. The molecule has 19 heavy (non-hydrogen) atoms. The summed E-state index contributed by atoms with van der Waals surface area (Å²) < 4.78 is 0.597. The Kier molecular flexibility index (Phi) is 2.95. The van der Waals surface area contributed by atoms with Crippen molar-refractivity contribution in [3.05, 3.63) is 52.0 Å². The Morgan fingerprint density at radius 1 is 1.42 bits per heavy atom. The van der Waals surface area contributed by atoms with Gasteiger partial charge in [0, 0.05) is 6.20 Å². The van der Waals surface area contributed by atoms with Gasteiger partial charge < -0.3 is 20.3 Å². The van der Waals surface area contributed by atoms with E-state index in [0.29, 0.717) is 4.68 Å². The van der Waals surface area contributed by atoms with Crippen LogP contribution in [0.3, 0.4) is 0 Å².